The Labute approximate surface area is 158 Å². The summed E-state index contributed by atoms with van der Waals surface area (Å²) in [5.41, 5.74) is 5.52. The average molecular weight is 408 g/mol. The predicted molar refractivity (Wildman–Crippen MR) is 106 cm³/mol. The molecule has 0 aliphatic rings. The number of fused-ring (bicyclic) bond motifs is 3. The number of imidazole rings is 1. The minimum atomic E-state index is 0.640. The van der Waals surface area contributed by atoms with Gasteiger partial charge in [0, 0.05) is 10.2 Å². The van der Waals surface area contributed by atoms with E-state index in [-0.39, 0.29) is 0 Å². The van der Waals surface area contributed by atoms with Crippen LogP contribution in [0.2, 0.25) is 0 Å². The molecular weight excluding hydrogens is 394 g/mol. The van der Waals surface area contributed by atoms with Gasteiger partial charge in [0.2, 0.25) is 0 Å². The van der Waals surface area contributed by atoms with E-state index in [9.17, 15) is 5.26 Å². The summed E-state index contributed by atoms with van der Waals surface area (Å²) in [7, 11) is 0. The number of benzene rings is 2. The van der Waals surface area contributed by atoms with Crippen LogP contribution in [-0.2, 0) is 5.75 Å². The highest BCUT2D eigenvalue weighted by Gasteiger charge is 2.15. The summed E-state index contributed by atoms with van der Waals surface area (Å²) in [6.07, 6.45) is 0. The summed E-state index contributed by atoms with van der Waals surface area (Å²) in [5.74, 6) is 0.842. The molecule has 2 aromatic carbocycles. The first kappa shape index (κ1) is 16.2. The fourth-order valence-electron chi connectivity index (χ4n) is 2.93. The second-order valence-electron chi connectivity index (χ2n) is 5.79. The molecule has 0 bridgehead atoms. The molecule has 0 amide bonds. The molecule has 3 nitrogen and oxygen atoms in total. The number of aryl methyl sites for hydroxylation is 1. The first-order chi connectivity index (χ1) is 12.2. The third-order valence-corrected chi connectivity index (χ3v) is 6.01. The van der Waals surface area contributed by atoms with Crippen LogP contribution >= 0.6 is 27.7 Å². The van der Waals surface area contributed by atoms with Crippen LogP contribution in [0, 0.1) is 18.3 Å². The highest BCUT2D eigenvalue weighted by molar-refractivity contribution is 9.10. The number of pyridine rings is 1. The van der Waals surface area contributed by atoms with Crippen molar-refractivity contribution in [3.63, 3.8) is 0 Å². The summed E-state index contributed by atoms with van der Waals surface area (Å²) in [5, 5.41) is 10.7. The van der Waals surface area contributed by atoms with Crippen molar-refractivity contribution in [3.8, 4) is 6.07 Å². The Morgan fingerprint density at radius 2 is 1.92 bits per heavy atom. The number of para-hydroxylation sites is 2. The Bertz CT molecular complexity index is 1140. The molecule has 0 atom stereocenters. The monoisotopic (exact) mass is 407 g/mol. The minimum absolute atomic E-state index is 0.640. The summed E-state index contributed by atoms with van der Waals surface area (Å²) in [6.45, 7) is 1.97. The molecule has 25 heavy (non-hydrogen) atoms. The lowest BCUT2D eigenvalue weighted by atomic mass is 10.2. The molecule has 0 spiro atoms. The van der Waals surface area contributed by atoms with Gasteiger partial charge in [-0.3, -0.25) is 4.40 Å². The van der Waals surface area contributed by atoms with Crippen LogP contribution in [-0.4, -0.2) is 9.38 Å². The van der Waals surface area contributed by atoms with Gasteiger partial charge in [-0.15, -0.1) is 11.8 Å². The van der Waals surface area contributed by atoms with Crippen molar-refractivity contribution in [2.75, 3.05) is 0 Å². The van der Waals surface area contributed by atoms with Crippen LogP contribution < -0.4 is 0 Å². The summed E-state index contributed by atoms with van der Waals surface area (Å²) < 4.78 is 3.21. The van der Waals surface area contributed by atoms with Gasteiger partial charge in [0.25, 0.3) is 0 Å². The Balaban J connectivity index is 1.89. The number of hydrogen-bond acceptors (Lipinski definition) is 3. The molecule has 4 aromatic rings. The van der Waals surface area contributed by atoms with E-state index in [0.29, 0.717) is 5.56 Å². The van der Waals surface area contributed by atoms with Crippen molar-refractivity contribution in [3.05, 3.63) is 75.8 Å². The first-order valence-corrected chi connectivity index (χ1v) is 9.64. The van der Waals surface area contributed by atoms with Gasteiger partial charge in [0.05, 0.1) is 21.6 Å². The van der Waals surface area contributed by atoms with Crippen LogP contribution in [0.3, 0.4) is 0 Å². The summed E-state index contributed by atoms with van der Waals surface area (Å²) >= 11 is 5.37. The van der Waals surface area contributed by atoms with Crippen LogP contribution in [0.1, 0.15) is 16.7 Å². The van der Waals surface area contributed by atoms with Crippen LogP contribution in [0.5, 0.6) is 0 Å². The number of halogens is 1. The van der Waals surface area contributed by atoms with Gasteiger partial charge in [-0.05, 0) is 42.3 Å². The number of aromatic nitrogens is 2. The Hall–Kier alpha value is -2.29. The Kier molecular flexibility index (Phi) is 4.24. The summed E-state index contributed by atoms with van der Waals surface area (Å²) in [6, 6.07) is 20.7. The quantitative estimate of drug-likeness (QED) is 0.407. The van der Waals surface area contributed by atoms with E-state index in [1.807, 2.05) is 43.3 Å². The fraction of sp³-hybridized carbons (Fsp3) is 0.100. The lowest BCUT2D eigenvalue weighted by Crippen LogP contribution is -1.97. The number of rotatable bonds is 3. The second kappa shape index (κ2) is 6.55. The largest absolute Gasteiger partial charge is 0.286 e. The van der Waals surface area contributed by atoms with Crippen molar-refractivity contribution >= 4 is 44.4 Å². The van der Waals surface area contributed by atoms with Gasteiger partial charge in [0.1, 0.15) is 6.07 Å². The molecule has 2 heterocycles. The molecule has 2 aromatic heterocycles. The molecule has 0 aliphatic heterocycles. The molecule has 0 saturated heterocycles. The molecular formula is C20H14BrN3S. The zero-order valence-electron chi connectivity index (χ0n) is 13.5. The van der Waals surface area contributed by atoms with Gasteiger partial charge in [-0.25, -0.2) is 4.98 Å². The van der Waals surface area contributed by atoms with E-state index < -0.39 is 0 Å². The zero-order valence-corrected chi connectivity index (χ0v) is 15.9. The van der Waals surface area contributed by atoms with E-state index in [1.165, 1.54) is 5.56 Å². The van der Waals surface area contributed by atoms with E-state index in [2.05, 4.69) is 44.6 Å². The maximum Gasteiger partial charge on any atom is 0.157 e. The van der Waals surface area contributed by atoms with Crippen LogP contribution in [0.25, 0.3) is 16.7 Å². The molecule has 0 saturated carbocycles. The third kappa shape index (κ3) is 2.82. The van der Waals surface area contributed by atoms with Crippen LogP contribution in [0.4, 0.5) is 0 Å². The van der Waals surface area contributed by atoms with Gasteiger partial charge in [0.15, 0.2) is 5.65 Å². The van der Waals surface area contributed by atoms with Crippen molar-refractivity contribution in [2.45, 2.75) is 17.7 Å². The lowest BCUT2D eigenvalue weighted by molar-refractivity contribution is 1.04. The SMILES string of the molecule is Cc1cc(SCc2ccccc2Br)n2c(nc3ccccc32)c1C#N. The maximum atomic E-state index is 9.56. The standard InChI is InChI=1S/C20H14BrN3S/c1-13-10-19(25-12-14-6-2-3-7-16(14)21)24-18-9-5-4-8-17(18)23-20(24)15(13)11-22/h2-10H,12H2,1H3. The van der Waals surface area contributed by atoms with Crippen molar-refractivity contribution in [1.82, 2.24) is 9.38 Å². The normalized spacial score (nSPS) is 11.1. The van der Waals surface area contributed by atoms with Gasteiger partial charge >= 0.3 is 0 Å². The number of nitrogens with zero attached hydrogens (tertiary/aromatic N) is 3. The van der Waals surface area contributed by atoms with Crippen molar-refractivity contribution in [2.24, 2.45) is 0 Å². The van der Waals surface area contributed by atoms with E-state index in [1.54, 1.807) is 11.8 Å². The Morgan fingerprint density at radius 1 is 1.16 bits per heavy atom. The van der Waals surface area contributed by atoms with Crippen molar-refractivity contribution < 1.29 is 0 Å². The highest BCUT2D eigenvalue weighted by atomic mass is 79.9. The van der Waals surface area contributed by atoms with E-state index in [4.69, 9.17) is 4.98 Å². The first-order valence-electron chi connectivity index (χ1n) is 7.86. The molecule has 0 N–H and O–H groups in total. The van der Waals surface area contributed by atoms with Crippen LogP contribution in [0.15, 0.2) is 64.1 Å². The lowest BCUT2D eigenvalue weighted by Gasteiger charge is -2.10. The highest BCUT2D eigenvalue weighted by Crippen LogP contribution is 2.32. The molecule has 5 heteroatoms. The van der Waals surface area contributed by atoms with Gasteiger partial charge in [-0.2, -0.15) is 5.26 Å². The number of nitriles is 1. The molecule has 0 aliphatic carbocycles. The second-order valence-corrected chi connectivity index (χ2v) is 7.64. The van der Waals surface area contributed by atoms with Gasteiger partial charge in [-0.1, -0.05) is 46.3 Å². The third-order valence-electron chi connectivity index (χ3n) is 4.18. The Morgan fingerprint density at radius 3 is 2.72 bits per heavy atom. The van der Waals surface area contributed by atoms with Gasteiger partial charge < -0.3 is 0 Å². The minimum Gasteiger partial charge on any atom is -0.286 e. The molecule has 0 unspecified atom stereocenters. The molecule has 0 fully saturated rings. The molecule has 0 radical (unpaired) electrons. The van der Waals surface area contributed by atoms with Crippen molar-refractivity contribution in [1.29, 1.82) is 5.26 Å². The van der Waals surface area contributed by atoms with E-state index >= 15 is 0 Å². The zero-order chi connectivity index (χ0) is 17.4. The summed E-state index contributed by atoms with van der Waals surface area (Å²) in [4.78, 5) is 4.70. The molecule has 122 valence electrons. The topological polar surface area (TPSA) is 41.1 Å². The molecule has 4 rings (SSSR count). The fourth-order valence-corrected chi connectivity index (χ4v) is 4.67. The maximum absolute atomic E-state index is 9.56. The van der Waals surface area contributed by atoms with E-state index in [0.717, 1.165) is 37.5 Å². The number of thioether (sulfide) groups is 1. The smallest absolute Gasteiger partial charge is 0.157 e. The predicted octanol–water partition coefficient (Wildman–Crippen LogP) is 5.72. The average Bonchev–Trinajstić information content (AvgIpc) is 3.00. The number of hydrogen-bond donors (Lipinski definition) is 0.